The Morgan fingerprint density at radius 2 is 1.96 bits per heavy atom. The van der Waals surface area contributed by atoms with Crippen LogP contribution in [0.1, 0.15) is 39.2 Å². The van der Waals surface area contributed by atoms with Gasteiger partial charge in [-0.3, -0.25) is 9.59 Å². The van der Waals surface area contributed by atoms with Gasteiger partial charge in [-0.05, 0) is 23.8 Å². The summed E-state index contributed by atoms with van der Waals surface area (Å²) in [5, 5.41) is 2.99. The van der Waals surface area contributed by atoms with Gasteiger partial charge in [0.05, 0.1) is 6.04 Å². The monoisotopic (exact) mass is 331 g/mol. The lowest BCUT2D eigenvalue weighted by atomic mass is 9.87. The maximum atomic E-state index is 12.3. The first-order valence-corrected chi connectivity index (χ1v) is 8.65. The molecule has 3 N–H and O–H groups in total. The van der Waals surface area contributed by atoms with Gasteiger partial charge in [0, 0.05) is 25.6 Å². The van der Waals surface area contributed by atoms with Gasteiger partial charge in [-0.25, -0.2) is 0 Å². The summed E-state index contributed by atoms with van der Waals surface area (Å²) in [4.78, 5) is 26.4. The standard InChI is InChI=1S/C19H29N3O2/c1-19(2,3)17(20)18(24)21-15-11-12-22(13-15)16(23)10-9-14-7-5-4-6-8-14/h4-8,15,17H,9-13,20H2,1-3H3,(H,21,24)/t15?,17-/m1/s1. The van der Waals surface area contributed by atoms with E-state index in [0.29, 0.717) is 19.5 Å². The molecule has 24 heavy (non-hydrogen) atoms. The fourth-order valence-electron chi connectivity index (χ4n) is 2.84. The van der Waals surface area contributed by atoms with Crippen molar-refractivity contribution in [2.45, 2.75) is 52.1 Å². The molecule has 0 bridgehead atoms. The van der Waals surface area contributed by atoms with Gasteiger partial charge in [0.2, 0.25) is 11.8 Å². The van der Waals surface area contributed by atoms with Gasteiger partial charge in [-0.2, -0.15) is 0 Å². The molecule has 2 atom stereocenters. The Hall–Kier alpha value is -1.88. The number of carbonyl (C=O) groups excluding carboxylic acids is 2. The first-order valence-electron chi connectivity index (χ1n) is 8.65. The van der Waals surface area contributed by atoms with Gasteiger partial charge in [-0.15, -0.1) is 0 Å². The van der Waals surface area contributed by atoms with Crippen LogP contribution in [0.3, 0.4) is 0 Å². The SMILES string of the molecule is CC(C)(C)[C@H](N)C(=O)NC1CCN(C(=O)CCc2ccccc2)C1. The molecule has 5 heteroatoms. The summed E-state index contributed by atoms with van der Waals surface area (Å²) in [5.74, 6) is 0.0156. The zero-order valence-electron chi connectivity index (χ0n) is 14.9. The highest BCUT2D eigenvalue weighted by Gasteiger charge is 2.32. The molecule has 1 aliphatic rings. The van der Waals surface area contributed by atoms with Crippen LogP contribution < -0.4 is 11.1 Å². The smallest absolute Gasteiger partial charge is 0.237 e. The summed E-state index contributed by atoms with van der Waals surface area (Å²) in [5.41, 5.74) is 6.89. The van der Waals surface area contributed by atoms with E-state index in [-0.39, 0.29) is 23.3 Å². The second-order valence-corrected chi connectivity index (χ2v) is 7.66. The number of nitrogens with one attached hydrogen (secondary N) is 1. The summed E-state index contributed by atoms with van der Waals surface area (Å²) < 4.78 is 0. The molecule has 2 rings (SSSR count). The number of hydrogen-bond acceptors (Lipinski definition) is 3. The van der Waals surface area contributed by atoms with Crippen molar-refractivity contribution >= 4 is 11.8 Å². The molecule has 0 saturated carbocycles. The highest BCUT2D eigenvalue weighted by molar-refractivity contribution is 5.83. The Morgan fingerprint density at radius 1 is 1.29 bits per heavy atom. The summed E-state index contributed by atoms with van der Waals surface area (Å²) in [6, 6.07) is 9.48. The largest absolute Gasteiger partial charge is 0.350 e. The average Bonchev–Trinajstić information content (AvgIpc) is 3.00. The number of nitrogens with two attached hydrogens (primary N) is 1. The lowest BCUT2D eigenvalue weighted by Gasteiger charge is -2.27. The normalized spacial score (nSPS) is 19.2. The Balaban J connectivity index is 1.78. The number of likely N-dealkylation sites (tertiary alicyclic amines) is 1. The quantitative estimate of drug-likeness (QED) is 0.862. The van der Waals surface area contributed by atoms with Gasteiger partial charge >= 0.3 is 0 Å². The first-order chi connectivity index (χ1) is 11.3. The van der Waals surface area contributed by atoms with E-state index in [0.717, 1.165) is 12.8 Å². The number of hydrogen-bond donors (Lipinski definition) is 2. The molecule has 1 heterocycles. The third-order valence-corrected chi connectivity index (χ3v) is 4.57. The van der Waals surface area contributed by atoms with Crippen LogP contribution in [0, 0.1) is 5.41 Å². The highest BCUT2D eigenvalue weighted by atomic mass is 16.2. The van der Waals surface area contributed by atoms with Crippen molar-refractivity contribution in [3.05, 3.63) is 35.9 Å². The minimum Gasteiger partial charge on any atom is -0.350 e. The molecule has 1 aromatic carbocycles. The van der Waals surface area contributed by atoms with Gasteiger partial charge in [0.25, 0.3) is 0 Å². The molecule has 132 valence electrons. The van der Waals surface area contributed by atoms with Crippen LogP contribution in [0.5, 0.6) is 0 Å². The van der Waals surface area contributed by atoms with E-state index in [9.17, 15) is 9.59 Å². The van der Waals surface area contributed by atoms with Crippen molar-refractivity contribution < 1.29 is 9.59 Å². The van der Waals surface area contributed by atoms with E-state index in [2.05, 4.69) is 5.32 Å². The van der Waals surface area contributed by atoms with Crippen molar-refractivity contribution in [2.24, 2.45) is 11.1 Å². The second-order valence-electron chi connectivity index (χ2n) is 7.66. The van der Waals surface area contributed by atoms with Gasteiger partial charge in [0.15, 0.2) is 0 Å². The topological polar surface area (TPSA) is 75.4 Å². The van der Waals surface area contributed by atoms with E-state index in [1.165, 1.54) is 5.56 Å². The average molecular weight is 331 g/mol. The predicted octanol–water partition coefficient (Wildman–Crippen LogP) is 1.71. The van der Waals surface area contributed by atoms with Crippen LogP contribution in [0.2, 0.25) is 0 Å². The zero-order valence-corrected chi connectivity index (χ0v) is 14.9. The number of benzene rings is 1. The molecule has 1 aliphatic heterocycles. The maximum Gasteiger partial charge on any atom is 0.237 e. The number of amides is 2. The van der Waals surface area contributed by atoms with Crippen LogP contribution in [-0.2, 0) is 16.0 Å². The highest BCUT2D eigenvalue weighted by Crippen LogP contribution is 2.18. The molecule has 0 aliphatic carbocycles. The minimum atomic E-state index is -0.541. The van der Waals surface area contributed by atoms with E-state index in [1.807, 2.05) is 56.0 Å². The molecule has 1 saturated heterocycles. The first kappa shape index (κ1) is 18.5. The summed E-state index contributed by atoms with van der Waals surface area (Å²) in [6.45, 7) is 7.13. The lowest BCUT2D eigenvalue weighted by Crippen LogP contribution is -2.52. The van der Waals surface area contributed by atoms with Gasteiger partial charge in [-0.1, -0.05) is 51.1 Å². The molecular weight excluding hydrogens is 302 g/mol. The molecule has 5 nitrogen and oxygen atoms in total. The van der Waals surface area contributed by atoms with Gasteiger partial charge < -0.3 is 16.0 Å². The number of carbonyl (C=O) groups is 2. The molecule has 0 aromatic heterocycles. The molecule has 0 radical (unpaired) electrons. The van der Waals surface area contributed by atoms with Crippen LogP contribution in [0.4, 0.5) is 0 Å². The third-order valence-electron chi connectivity index (χ3n) is 4.57. The van der Waals surface area contributed by atoms with Gasteiger partial charge in [0.1, 0.15) is 0 Å². The third kappa shape index (κ3) is 5.06. The second kappa shape index (κ2) is 7.79. The van der Waals surface area contributed by atoms with Crippen LogP contribution in [-0.4, -0.2) is 41.9 Å². The minimum absolute atomic E-state index is 0.00609. The molecule has 2 amide bonds. The van der Waals surface area contributed by atoms with E-state index >= 15 is 0 Å². The van der Waals surface area contributed by atoms with Crippen molar-refractivity contribution in [1.82, 2.24) is 10.2 Å². The molecule has 1 aromatic rings. The number of nitrogens with zero attached hydrogens (tertiary/aromatic N) is 1. The van der Waals surface area contributed by atoms with Crippen molar-refractivity contribution in [2.75, 3.05) is 13.1 Å². The molecular formula is C19H29N3O2. The Kier molecular flexibility index (Phi) is 5.99. The summed E-state index contributed by atoms with van der Waals surface area (Å²) in [7, 11) is 0. The van der Waals surface area contributed by atoms with Crippen LogP contribution in [0.25, 0.3) is 0 Å². The van der Waals surface area contributed by atoms with E-state index < -0.39 is 6.04 Å². The predicted molar refractivity (Wildman–Crippen MR) is 95.3 cm³/mol. The zero-order chi connectivity index (χ0) is 17.7. The summed E-state index contributed by atoms with van der Waals surface area (Å²) in [6.07, 6.45) is 2.05. The van der Waals surface area contributed by atoms with E-state index in [4.69, 9.17) is 5.73 Å². The van der Waals surface area contributed by atoms with Crippen LogP contribution in [0.15, 0.2) is 30.3 Å². The van der Waals surface area contributed by atoms with Crippen molar-refractivity contribution in [1.29, 1.82) is 0 Å². The Morgan fingerprint density at radius 3 is 2.58 bits per heavy atom. The van der Waals surface area contributed by atoms with Crippen LogP contribution >= 0.6 is 0 Å². The van der Waals surface area contributed by atoms with Crippen molar-refractivity contribution in [3.63, 3.8) is 0 Å². The summed E-state index contributed by atoms with van der Waals surface area (Å²) >= 11 is 0. The number of rotatable bonds is 5. The lowest BCUT2D eigenvalue weighted by molar-refractivity contribution is -0.130. The molecule has 1 fully saturated rings. The van der Waals surface area contributed by atoms with Crippen molar-refractivity contribution in [3.8, 4) is 0 Å². The molecule has 0 spiro atoms. The maximum absolute atomic E-state index is 12.3. The number of aryl methyl sites for hydroxylation is 1. The van der Waals surface area contributed by atoms with E-state index in [1.54, 1.807) is 0 Å². The Bertz CT molecular complexity index is 566. The molecule has 1 unspecified atom stereocenters. The Labute approximate surface area is 144 Å². The fraction of sp³-hybridized carbons (Fsp3) is 0.579. The fourth-order valence-corrected chi connectivity index (χ4v) is 2.84.